The first-order valence-electron chi connectivity index (χ1n) is 8.34. The molecule has 1 heterocycles. The molecule has 0 saturated carbocycles. The molecule has 2 nitrogen and oxygen atoms in total. The van der Waals surface area contributed by atoms with E-state index in [9.17, 15) is 0 Å². The zero-order chi connectivity index (χ0) is 14.2. The predicted octanol–water partition coefficient (Wildman–Crippen LogP) is 4.04. The van der Waals surface area contributed by atoms with Crippen molar-refractivity contribution in [2.24, 2.45) is 0 Å². The summed E-state index contributed by atoms with van der Waals surface area (Å²) in [7, 11) is 0. The Morgan fingerprint density at radius 3 is 2.75 bits per heavy atom. The van der Waals surface area contributed by atoms with Crippen molar-refractivity contribution in [2.75, 3.05) is 6.54 Å². The quantitative estimate of drug-likeness (QED) is 0.818. The molecule has 0 bridgehead atoms. The van der Waals surface area contributed by atoms with E-state index in [0.29, 0.717) is 18.1 Å². The van der Waals surface area contributed by atoms with E-state index in [1.807, 2.05) is 0 Å². The van der Waals surface area contributed by atoms with Gasteiger partial charge in [-0.05, 0) is 44.7 Å². The van der Waals surface area contributed by atoms with Crippen LogP contribution in [-0.2, 0) is 0 Å². The molecule has 2 heteroatoms. The summed E-state index contributed by atoms with van der Waals surface area (Å²) in [6, 6.07) is 12.6. The molecule has 1 saturated heterocycles. The fraction of sp³-hybridized carbons (Fsp3) is 0.667. The first kappa shape index (κ1) is 15.5. The molecule has 1 aromatic rings. The molecule has 1 aromatic carbocycles. The van der Waals surface area contributed by atoms with Crippen molar-refractivity contribution in [3.63, 3.8) is 0 Å². The molecule has 112 valence electrons. The molecule has 1 fully saturated rings. The Kier molecular flexibility index (Phi) is 6.55. The lowest BCUT2D eigenvalue weighted by molar-refractivity contribution is 0.368. The van der Waals surface area contributed by atoms with Gasteiger partial charge < -0.3 is 10.6 Å². The number of hydrogen-bond acceptors (Lipinski definition) is 2. The standard InChI is InChI=1S/C18H30N2/c1-3-18(16-10-6-4-7-11-16)20-15(2)14-17-12-8-5-9-13-19-17/h4,6-7,10-11,15,17-20H,3,5,8-9,12-14H2,1-2H3. The van der Waals surface area contributed by atoms with Gasteiger partial charge in [-0.2, -0.15) is 0 Å². The molecule has 0 radical (unpaired) electrons. The van der Waals surface area contributed by atoms with E-state index in [2.05, 4.69) is 54.8 Å². The SMILES string of the molecule is CCC(NC(C)CC1CCCCCN1)c1ccccc1. The van der Waals surface area contributed by atoms with Gasteiger partial charge in [0.1, 0.15) is 0 Å². The third kappa shape index (κ3) is 4.92. The first-order chi connectivity index (χ1) is 9.79. The van der Waals surface area contributed by atoms with Crippen molar-refractivity contribution >= 4 is 0 Å². The largest absolute Gasteiger partial charge is 0.314 e. The molecule has 3 unspecified atom stereocenters. The molecule has 0 aromatic heterocycles. The Bertz CT molecular complexity index is 355. The third-order valence-corrected chi connectivity index (χ3v) is 4.40. The lowest BCUT2D eigenvalue weighted by Crippen LogP contribution is -2.38. The van der Waals surface area contributed by atoms with E-state index in [4.69, 9.17) is 0 Å². The lowest BCUT2D eigenvalue weighted by Gasteiger charge is -2.26. The Hall–Kier alpha value is -0.860. The maximum absolute atomic E-state index is 3.81. The minimum Gasteiger partial charge on any atom is -0.314 e. The predicted molar refractivity (Wildman–Crippen MR) is 86.9 cm³/mol. The Morgan fingerprint density at radius 1 is 1.20 bits per heavy atom. The summed E-state index contributed by atoms with van der Waals surface area (Å²) in [4.78, 5) is 0. The second-order valence-electron chi connectivity index (χ2n) is 6.18. The minimum absolute atomic E-state index is 0.483. The molecule has 1 aliphatic heterocycles. The van der Waals surface area contributed by atoms with Gasteiger partial charge in [0.05, 0.1) is 0 Å². The van der Waals surface area contributed by atoms with Gasteiger partial charge in [0.2, 0.25) is 0 Å². The van der Waals surface area contributed by atoms with Crippen LogP contribution in [0, 0.1) is 0 Å². The van der Waals surface area contributed by atoms with Gasteiger partial charge in [-0.15, -0.1) is 0 Å². The summed E-state index contributed by atoms with van der Waals surface area (Å²) in [6.45, 7) is 5.80. The monoisotopic (exact) mass is 274 g/mol. The van der Waals surface area contributed by atoms with E-state index >= 15 is 0 Å². The third-order valence-electron chi connectivity index (χ3n) is 4.40. The highest BCUT2D eigenvalue weighted by molar-refractivity contribution is 5.18. The smallest absolute Gasteiger partial charge is 0.0319 e. The van der Waals surface area contributed by atoms with Crippen LogP contribution in [-0.4, -0.2) is 18.6 Å². The molecular weight excluding hydrogens is 244 g/mol. The highest BCUT2D eigenvalue weighted by atomic mass is 15.0. The van der Waals surface area contributed by atoms with Crippen LogP contribution in [0.3, 0.4) is 0 Å². The molecule has 1 aliphatic rings. The molecule has 2 N–H and O–H groups in total. The molecule has 0 spiro atoms. The summed E-state index contributed by atoms with van der Waals surface area (Å²) >= 11 is 0. The summed E-state index contributed by atoms with van der Waals surface area (Å²) in [5.41, 5.74) is 1.41. The van der Waals surface area contributed by atoms with Crippen LogP contribution in [0.15, 0.2) is 30.3 Å². The maximum atomic E-state index is 3.81. The number of rotatable bonds is 6. The lowest BCUT2D eigenvalue weighted by atomic mass is 10.00. The van der Waals surface area contributed by atoms with Crippen molar-refractivity contribution in [1.29, 1.82) is 0 Å². The normalized spacial score (nSPS) is 23.0. The highest BCUT2D eigenvalue weighted by Gasteiger charge is 2.17. The van der Waals surface area contributed by atoms with Crippen molar-refractivity contribution in [3.05, 3.63) is 35.9 Å². The van der Waals surface area contributed by atoms with E-state index in [0.717, 1.165) is 6.42 Å². The van der Waals surface area contributed by atoms with E-state index in [-0.39, 0.29) is 0 Å². The molecule has 0 amide bonds. The van der Waals surface area contributed by atoms with Crippen molar-refractivity contribution in [1.82, 2.24) is 10.6 Å². The average Bonchev–Trinajstić information content (AvgIpc) is 2.74. The zero-order valence-electron chi connectivity index (χ0n) is 13.1. The van der Waals surface area contributed by atoms with Crippen LogP contribution in [0.5, 0.6) is 0 Å². The summed E-state index contributed by atoms with van der Waals surface area (Å²) in [5.74, 6) is 0. The maximum Gasteiger partial charge on any atom is 0.0319 e. The van der Waals surface area contributed by atoms with Crippen molar-refractivity contribution in [2.45, 2.75) is 70.5 Å². The molecule has 0 aliphatic carbocycles. The zero-order valence-corrected chi connectivity index (χ0v) is 13.1. The van der Waals surface area contributed by atoms with E-state index in [1.54, 1.807) is 0 Å². The minimum atomic E-state index is 0.483. The fourth-order valence-corrected chi connectivity index (χ4v) is 3.28. The molecule has 2 rings (SSSR count). The van der Waals surface area contributed by atoms with Crippen LogP contribution in [0.2, 0.25) is 0 Å². The van der Waals surface area contributed by atoms with Gasteiger partial charge in [0.15, 0.2) is 0 Å². The molecular formula is C18H30N2. The van der Waals surface area contributed by atoms with Gasteiger partial charge >= 0.3 is 0 Å². The Morgan fingerprint density at radius 2 is 2.00 bits per heavy atom. The summed E-state index contributed by atoms with van der Waals surface area (Å²) in [5, 5.41) is 7.51. The first-order valence-corrected chi connectivity index (χ1v) is 8.34. The fourth-order valence-electron chi connectivity index (χ4n) is 3.28. The number of hydrogen-bond donors (Lipinski definition) is 2. The second-order valence-corrected chi connectivity index (χ2v) is 6.18. The molecule has 20 heavy (non-hydrogen) atoms. The summed E-state index contributed by atoms with van der Waals surface area (Å²) < 4.78 is 0. The van der Waals surface area contributed by atoms with Gasteiger partial charge in [0, 0.05) is 18.1 Å². The highest BCUT2D eigenvalue weighted by Crippen LogP contribution is 2.19. The van der Waals surface area contributed by atoms with Crippen molar-refractivity contribution < 1.29 is 0 Å². The Labute approximate surface area is 124 Å². The van der Waals surface area contributed by atoms with E-state index < -0.39 is 0 Å². The van der Waals surface area contributed by atoms with Crippen molar-refractivity contribution in [3.8, 4) is 0 Å². The van der Waals surface area contributed by atoms with Gasteiger partial charge in [-0.25, -0.2) is 0 Å². The van der Waals surface area contributed by atoms with Crippen LogP contribution in [0.1, 0.15) is 64.0 Å². The van der Waals surface area contributed by atoms with Gasteiger partial charge in [-0.3, -0.25) is 0 Å². The van der Waals surface area contributed by atoms with Crippen LogP contribution in [0.4, 0.5) is 0 Å². The second kappa shape index (κ2) is 8.43. The summed E-state index contributed by atoms with van der Waals surface area (Å²) in [6.07, 6.45) is 7.86. The van der Waals surface area contributed by atoms with Gasteiger partial charge in [0.25, 0.3) is 0 Å². The van der Waals surface area contributed by atoms with Crippen LogP contribution < -0.4 is 10.6 Å². The Balaban J connectivity index is 1.84. The van der Waals surface area contributed by atoms with Crippen LogP contribution in [0.25, 0.3) is 0 Å². The van der Waals surface area contributed by atoms with Crippen LogP contribution >= 0.6 is 0 Å². The number of benzene rings is 1. The average molecular weight is 274 g/mol. The van der Waals surface area contributed by atoms with E-state index in [1.165, 1.54) is 44.2 Å². The molecule has 3 atom stereocenters. The van der Waals surface area contributed by atoms with Gasteiger partial charge in [-0.1, -0.05) is 50.1 Å². The number of nitrogens with one attached hydrogen (secondary N) is 2. The topological polar surface area (TPSA) is 24.1 Å².